The predicted octanol–water partition coefficient (Wildman–Crippen LogP) is 4.47. The van der Waals surface area contributed by atoms with E-state index in [2.05, 4.69) is 76.3 Å². The number of imidazole rings is 1. The largest absolute Gasteiger partial charge is 0.318 e. The summed E-state index contributed by atoms with van der Waals surface area (Å²) in [6.45, 7) is 4.19. The van der Waals surface area contributed by atoms with Crippen LogP contribution >= 0.6 is 33.9 Å². The third-order valence-corrected chi connectivity index (χ3v) is 6.67. The Hall–Kier alpha value is -2.45. The highest BCUT2D eigenvalue weighted by Crippen LogP contribution is 2.22. The maximum atomic E-state index is 13.0. The fourth-order valence-corrected chi connectivity index (χ4v) is 5.01. The molecule has 0 aliphatic carbocycles. The van der Waals surface area contributed by atoms with Gasteiger partial charge in [0, 0.05) is 20.6 Å². The van der Waals surface area contributed by atoms with E-state index in [1.54, 1.807) is 4.40 Å². The van der Waals surface area contributed by atoms with Crippen molar-refractivity contribution in [2.45, 2.75) is 13.8 Å². The highest BCUT2D eigenvalue weighted by atomic mass is 127. The number of aromatic nitrogens is 3. The van der Waals surface area contributed by atoms with Crippen LogP contribution in [-0.4, -0.2) is 14.0 Å². The first-order chi connectivity index (χ1) is 13.5. The third kappa shape index (κ3) is 2.70. The molecule has 6 heteroatoms. The van der Waals surface area contributed by atoms with Crippen molar-refractivity contribution in [1.82, 2.24) is 14.0 Å². The molecule has 0 radical (unpaired) electrons. The molecule has 2 aromatic carbocycles. The van der Waals surface area contributed by atoms with Crippen molar-refractivity contribution in [2.75, 3.05) is 0 Å². The van der Waals surface area contributed by atoms with Crippen LogP contribution in [-0.2, 0) is 0 Å². The molecule has 0 saturated heterocycles. The van der Waals surface area contributed by atoms with Gasteiger partial charge in [-0.05, 0) is 90.5 Å². The predicted molar refractivity (Wildman–Crippen MR) is 124 cm³/mol. The summed E-state index contributed by atoms with van der Waals surface area (Å²) in [5, 5.41) is 0. The van der Waals surface area contributed by atoms with Crippen LogP contribution in [0.1, 0.15) is 17.0 Å². The molecule has 0 unspecified atom stereocenters. The van der Waals surface area contributed by atoms with Crippen molar-refractivity contribution >= 4 is 56.0 Å². The van der Waals surface area contributed by atoms with Gasteiger partial charge < -0.3 is 4.57 Å². The lowest BCUT2D eigenvalue weighted by molar-refractivity contribution is 0.964. The summed E-state index contributed by atoms with van der Waals surface area (Å²) in [5.74, 6) is 0. The van der Waals surface area contributed by atoms with E-state index in [4.69, 9.17) is 0 Å². The Balaban J connectivity index is 1.70. The Labute approximate surface area is 178 Å². The second-order valence-electron chi connectivity index (χ2n) is 6.77. The van der Waals surface area contributed by atoms with Gasteiger partial charge in [0.25, 0.3) is 5.56 Å². The van der Waals surface area contributed by atoms with Gasteiger partial charge in [-0.25, -0.2) is 9.38 Å². The Bertz CT molecular complexity index is 1460. The molecule has 0 N–H and O–H groups in total. The van der Waals surface area contributed by atoms with Crippen LogP contribution in [0, 0.1) is 17.4 Å². The van der Waals surface area contributed by atoms with Crippen molar-refractivity contribution in [3.63, 3.8) is 0 Å². The maximum Gasteiger partial charge on any atom is 0.274 e. The molecule has 3 aromatic heterocycles. The van der Waals surface area contributed by atoms with E-state index in [0.29, 0.717) is 4.53 Å². The van der Waals surface area contributed by atoms with Gasteiger partial charge in [0.1, 0.15) is 0 Å². The van der Waals surface area contributed by atoms with Gasteiger partial charge in [-0.3, -0.25) is 4.79 Å². The summed E-state index contributed by atoms with van der Waals surface area (Å²) < 4.78 is 5.85. The summed E-state index contributed by atoms with van der Waals surface area (Å²) in [7, 11) is 0. The first-order valence-electron chi connectivity index (χ1n) is 8.89. The normalized spacial score (nSPS) is 12.5. The topological polar surface area (TPSA) is 39.3 Å². The number of para-hydroxylation sites is 2. The Kier molecular flexibility index (Phi) is 4.13. The van der Waals surface area contributed by atoms with Crippen LogP contribution < -0.4 is 10.1 Å². The summed E-state index contributed by atoms with van der Waals surface area (Å²) in [5.41, 5.74) is 6.16. The molecule has 0 amide bonds. The second kappa shape index (κ2) is 6.56. The van der Waals surface area contributed by atoms with E-state index < -0.39 is 0 Å². The lowest BCUT2D eigenvalue weighted by Crippen LogP contribution is -2.22. The highest BCUT2D eigenvalue weighted by molar-refractivity contribution is 14.1. The van der Waals surface area contributed by atoms with Gasteiger partial charge in [-0.15, -0.1) is 0 Å². The lowest BCUT2D eigenvalue weighted by atomic mass is 10.2. The number of fused-ring (bicyclic) bond motifs is 3. The Morgan fingerprint density at radius 2 is 1.82 bits per heavy atom. The molecule has 5 rings (SSSR count). The molecular weight excluding hydrogens is 481 g/mol. The van der Waals surface area contributed by atoms with Crippen molar-refractivity contribution in [3.05, 3.63) is 90.0 Å². The molecule has 0 aliphatic rings. The minimum atomic E-state index is -0.00670. The minimum Gasteiger partial charge on any atom is -0.318 e. The average Bonchev–Trinajstić information content (AvgIpc) is 3.28. The molecule has 0 aliphatic heterocycles. The molecule has 3 heterocycles. The fraction of sp³-hybridized carbons (Fsp3) is 0.0909. The quantitative estimate of drug-likeness (QED) is 0.338. The third-order valence-electron chi connectivity index (χ3n) is 4.99. The van der Waals surface area contributed by atoms with Crippen molar-refractivity contribution in [3.8, 4) is 5.69 Å². The number of thiazole rings is 1. The van der Waals surface area contributed by atoms with Crippen LogP contribution in [0.15, 0.2) is 59.4 Å². The first-order valence-corrected chi connectivity index (χ1v) is 10.8. The average molecular weight is 497 g/mol. The molecular formula is C22H16IN3OS. The molecule has 4 nitrogen and oxygen atoms in total. The van der Waals surface area contributed by atoms with E-state index in [1.165, 1.54) is 14.9 Å². The van der Waals surface area contributed by atoms with E-state index in [-0.39, 0.29) is 5.56 Å². The number of hydrogen-bond acceptors (Lipinski definition) is 3. The standard InChI is InChI=1S/C22H16IN3OS/c1-13-11-15(14(2)25(13)17-9-7-16(23)8-10-17)12-20-21(27)26-19-6-4-3-5-18(19)24-22(26)28-20/h3-12H,1-2H3/b20-12+. The Morgan fingerprint density at radius 3 is 2.61 bits per heavy atom. The van der Waals surface area contributed by atoms with E-state index in [1.807, 2.05) is 30.3 Å². The number of halogens is 1. The summed E-state index contributed by atoms with van der Waals surface area (Å²) >= 11 is 3.75. The van der Waals surface area contributed by atoms with E-state index >= 15 is 0 Å². The van der Waals surface area contributed by atoms with Gasteiger partial charge in [-0.1, -0.05) is 23.5 Å². The molecule has 0 spiro atoms. The van der Waals surface area contributed by atoms with Gasteiger partial charge in [0.05, 0.1) is 15.6 Å². The highest BCUT2D eigenvalue weighted by Gasteiger charge is 2.13. The molecule has 0 saturated carbocycles. The van der Waals surface area contributed by atoms with Crippen LogP contribution in [0.25, 0.3) is 27.8 Å². The molecule has 138 valence electrons. The van der Waals surface area contributed by atoms with Gasteiger partial charge >= 0.3 is 0 Å². The van der Waals surface area contributed by atoms with E-state index in [9.17, 15) is 4.79 Å². The summed E-state index contributed by atoms with van der Waals surface area (Å²) in [6, 6.07) is 18.3. The minimum absolute atomic E-state index is 0.00670. The van der Waals surface area contributed by atoms with Gasteiger partial charge in [-0.2, -0.15) is 0 Å². The number of aryl methyl sites for hydroxylation is 1. The molecule has 0 atom stereocenters. The second-order valence-corrected chi connectivity index (χ2v) is 9.03. The van der Waals surface area contributed by atoms with Crippen LogP contribution in [0.4, 0.5) is 0 Å². The molecule has 5 aromatic rings. The van der Waals surface area contributed by atoms with Gasteiger partial charge in [0.15, 0.2) is 4.96 Å². The summed E-state index contributed by atoms with van der Waals surface area (Å²) in [4.78, 5) is 18.3. The monoisotopic (exact) mass is 497 g/mol. The Morgan fingerprint density at radius 1 is 1.07 bits per heavy atom. The van der Waals surface area contributed by atoms with Gasteiger partial charge in [0.2, 0.25) is 0 Å². The lowest BCUT2D eigenvalue weighted by Gasteiger charge is -2.09. The summed E-state index contributed by atoms with van der Waals surface area (Å²) in [6.07, 6.45) is 1.99. The number of hydrogen-bond donors (Lipinski definition) is 0. The van der Waals surface area contributed by atoms with Crippen LogP contribution in [0.2, 0.25) is 0 Å². The number of benzene rings is 2. The number of rotatable bonds is 2. The molecule has 0 fully saturated rings. The van der Waals surface area contributed by atoms with Crippen molar-refractivity contribution in [1.29, 1.82) is 0 Å². The van der Waals surface area contributed by atoms with E-state index in [0.717, 1.165) is 38.6 Å². The van der Waals surface area contributed by atoms with Crippen molar-refractivity contribution < 1.29 is 0 Å². The molecule has 0 bridgehead atoms. The SMILES string of the molecule is Cc1cc(/C=c2/sc3nc4ccccc4n3c2=O)c(C)n1-c1ccc(I)cc1. The zero-order valence-electron chi connectivity index (χ0n) is 15.3. The first kappa shape index (κ1) is 17.6. The fourth-order valence-electron chi connectivity index (χ4n) is 3.67. The zero-order valence-corrected chi connectivity index (χ0v) is 18.3. The zero-order chi connectivity index (χ0) is 19.4. The maximum absolute atomic E-state index is 13.0. The van der Waals surface area contributed by atoms with Crippen molar-refractivity contribution in [2.24, 2.45) is 0 Å². The number of nitrogens with zero attached hydrogens (tertiary/aromatic N) is 3. The van der Waals surface area contributed by atoms with Crippen LogP contribution in [0.5, 0.6) is 0 Å². The molecule has 28 heavy (non-hydrogen) atoms. The van der Waals surface area contributed by atoms with Crippen LogP contribution in [0.3, 0.4) is 0 Å². The smallest absolute Gasteiger partial charge is 0.274 e.